The molecular formula is C47H56N8O7. The van der Waals surface area contributed by atoms with Crippen molar-refractivity contribution in [2.24, 2.45) is 23.7 Å². The number of ether oxygens (including phenoxy) is 2. The second-order valence-electron chi connectivity index (χ2n) is 17.6. The highest BCUT2D eigenvalue weighted by molar-refractivity contribution is 5.91. The minimum absolute atomic E-state index is 0.118. The highest BCUT2D eigenvalue weighted by atomic mass is 16.5. The van der Waals surface area contributed by atoms with Crippen LogP contribution in [0.15, 0.2) is 73.1 Å². The Morgan fingerprint density at radius 2 is 1.26 bits per heavy atom. The summed E-state index contributed by atoms with van der Waals surface area (Å²) in [6.45, 7) is 10.2. The smallest absolute Gasteiger partial charge is 0.407 e. The van der Waals surface area contributed by atoms with Gasteiger partial charge in [-0.05, 0) is 89.0 Å². The second kappa shape index (κ2) is 18.0. The molecule has 0 aliphatic carbocycles. The first kappa shape index (κ1) is 42.5. The van der Waals surface area contributed by atoms with Gasteiger partial charge in [0.25, 0.3) is 0 Å². The maximum atomic E-state index is 14.0. The maximum absolute atomic E-state index is 14.0. The fraction of sp³-hybridized carbons (Fsp3) is 0.447. The van der Waals surface area contributed by atoms with E-state index in [4.69, 9.17) is 19.4 Å². The lowest BCUT2D eigenvalue weighted by atomic mass is 9.90. The molecule has 62 heavy (non-hydrogen) atoms. The molecule has 0 saturated carbocycles. The lowest BCUT2D eigenvalue weighted by Crippen LogP contribution is -2.53. The van der Waals surface area contributed by atoms with Crippen molar-refractivity contribution in [2.45, 2.75) is 77.5 Å². The van der Waals surface area contributed by atoms with Gasteiger partial charge in [-0.1, -0.05) is 76.2 Å². The molecule has 6 atom stereocenters. The molecule has 3 aliphatic rings. The van der Waals surface area contributed by atoms with Gasteiger partial charge in [0.2, 0.25) is 11.8 Å². The zero-order valence-corrected chi connectivity index (χ0v) is 35.9. The van der Waals surface area contributed by atoms with Crippen LogP contribution in [0.1, 0.15) is 77.1 Å². The zero-order chi connectivity index (χ0) is 43.7. The summed E-state index contributed by atoms with van der Waals surface area (Å²) in [6, 6.07) is 19.0. The summed E-state index contributed by atoms with van der Waals surface area (Å²) in [7, 11) is 1.29. The van der Waals surface area contributed by atoms with Gasteiger partial charge < -0.3 is 45.0 Å². The monoisotopic (exact) mass is 844 g/mol. The predicted molar refractivity (Wildman–Crippen MR) is 234 cm³/mol. The Bertz CT molecular complexity index is 2420. The van der Waals surface area contributed by atoms with Gasteiger partial charge >= 0.3 is 12.2 Å². The Morgan fingerprint density at radius 3 is 1.82 bits per heavy atom. The highest BCUT2D eigenvalue weighted by Crippen LogP contribution is 2.38. The van der Waals surface area contributed by atoms with Crippen LogP contribution in [0.4, 0.5) is 9.59 Å². The summed E-state index contributed by atoms with van der Waals surface area (Å²) in [4.78, 5) is 71.6. The van der Waals surface area contributed by atoms with Crippen LogP contribution in [0.2, 0.25) is 0 Å². The van der Waals surface area contributed by atoms with Crippen LogP contribution >= 0.6 is 0 Å². The van der Waals surface area contributed by atoms with E-state index in [1.54, 1.807) is 11.1 Å². The average Bonchev–Trinajstić information content (AvgIpc) is 4.11. The SMILES string of the molecule is COC(=O)N[C@H](C(=O)N1C[C@@H](C)C[C@H]1c1ncc(-c2ccc3cc(-c4ccc(-c5cnc([C@@H]6C[C@H](C)CN6C(=O)[C@@H](NC(=O)O)C6CCOCC6)[nH]5)cc4)ccc3c2)[nH]1)C(C)C. The van der Waals surface area contributed by atoms with Crippen LogP contribution < -0.4 is 10.6 Å². The number of amides is 4. The van der Waals surface area contributed by atoms with Gasteiger partial charge in [-0.25, -0.2) is 19.6 Å². The van der Waals surface area contributed by atoms with Gasteiger partial charge in [-0.2, -0.15) is 0 Å². The third kappa shape index (κ3) is 8.89. The van der Waals surface area contributed by atoms with E-state index < -0.39 is 24.3 Å². The fourth-order valence-corrected chi connectivity index (χ4v) is 9.46. The number of carboxylic acid groups (broad SMARTS) is 1. The third-order valence-corrected chi connectivity index (χ3v) is 12.8. The van der Waals surface area contributed by atoms with Crippen molar-refractivity contribution in [3.8, 4) is 33.6 Å². The van der Waals surface area contributed by atoms with E-state index in [0.717, 1.165) is 63.1 Å². The van der Waals surface area contributed by atoms with E-state index in [0.29, 0.717) is 45.0 Å². The summed E-state index contributed by atoms with van der Waals surface area (Å²) in [5.41, 5.74) is 5.80. The highest BCUT2D eigenvalue weighted by Gasteiger charge is 2.43. The minimum atomic E-state index is -1.20. The number of H-pyrrole nitrogens is 2. The summed E-state index contributed by atoms with van der Waals surface area (Å²) < 4.78 is 10.3. The Morgan fingerprint density at radius 1 is 0.742 bits per heavy atom. The van der Waals surface area contributed by atoms with Crippen molar-refractivity contribution < 1.29 is 33.8 Å². The summed E-state index contributed by atoms with van der Waals surface area (Å²) >= 11 is 0. The molecule has 326 valence electrons. The predicted octanol–water partition coefficient (Wildman–Crippen LogP) is 7.55. The van der Waals surface area contributed by atoms with E-state index in [2.05, 4.69) is 95.1 Å². The van der Waals surface area contributed by atoms with Crippen molar-refractivity contribution in [2.75, 3.05) is 33.4 Å². The number of methoxy groups -OCH3 is 1. The first-order valence-electron chi connectivity index (χ1n) is 21.6. The molecule has 3 fully saturated rings. The number of nitrogens with zero attached hydrogens (tertiary/aromatic N) is 4. The normalized spacial score (nSPS) is 21.6. The number of carbonyl (C=O) groups is 4. The second-order valence-corrected chi connectivity index (χ2v) is 17.6. The van der Waals surface area contributed by atoms with Crippen LogP contribution in [0.5, 0.6) is 0 Å². The van der Waals surface area contributed by atoms with Crippen molar-refractivity contribution in [1.82, 2.24) is 40.4 Å². The minimum Gasteiger partial charge on any atom is -0.465 e. The largest absolute Gasteiger partial charge is 0.465 e. The summed E-state index contributed by atoms with van der Waals surface area (Å²) in [6.07, 6.45) is 4.55. The fourth-order valence-electron chi connectivity index (χ4n) is 9.46. The van der Waals surface area contributed by atoms with Crippen molar-refractivity contribution in [3.05, 3.63) is 84.7 Å². The number of imidazole rings is 2. The number of benzene rings is 3. The number of aromatic nitrogens is 4. The number of likely N-dealkylation sites (tertiary alicyclic amines) is 2. The Balaban J connectivity index is 0.949. The van der Waals surface area contributed by atoms with E-state index >= 15 is 0 Å². The summed E-state index contributed by atoms with van der Waals surface area (Å²) in [5, 5.41) is 17.0. The molecule has 3 aromatic carbocycles. The molecule has 5 aromatic rings. The number of rotatable bonds is 11. The van der Waals surface area contributed by atoms with Crippen molar-refractivity contribution in [1.29, 1.82) is 0 Å². The van der Waals surface area contributed by atoms with E-state index in [-0.39, 0.29) is 47.6 Å². The number of nitrogens with one attached hydrogen (secondary N) is 4. The average molecular weight is 845 g/mol. The van der Waals surface area contributed by atoms with Gasteiger partial charge in [0, 0.05) is 31.9 Å². The molecule has 0 bridgehead atoms. The first-order chi connectivity index (χ1) is 29.9. The molecule has 5 heterocycles. The number of hydrogen-bond donors (Lipinski definition) is 5. The van der Waals surface area contributed by atoms with Gasteiger partial charge in [0.1, 0.15) is 23.7 Å². The Kier molecular flexibility index (Phi) is 12.3. The molecule has 15 heteroatoms. The molecule has 4 amide bonds. The molecule has 0 spiro atoms. The van der Waals surface area contributed by atoms with E-state index in [1.807, 2.05) is 24.9 Å². The van der Waals surface area contributed by atoms with Crippen LogP contribution in [-0.4, -0.2) is 104 Å². The molecule has 3 aliphatic heterocycles. The maximum Gasteiger partial charge on any atom is 0.407 e. The third-order valence-electron chi connectivity index (χ3n) is 12.8. The zero-order valence-electron chi connectivity index (χ0n) is 35.9. The number of fused-ring (bicyclic) bond motifs is 1. The summed E-state index contributed by atoms with van der Waals surface area (Å²) in [5.74, 6) is 1.34. The molecule has 15 nitrogen and oxygen atoms in total. The Labute approximate surface area is 361 Å². The van der Waals surface area contributed by atoms with Gasteiger partial charge in [0.15, 0.2) is 0 Å². The molecule has 2 aromatic heterocycles. The molecule has 5 N–H and O–H groups in total. The van der Waals surface area contributed by atoms with E-state index in [9.17, 15) is 24.3 Å². The molecule has 8 rings (SSSR count). The van der Waals surface area contributed by atoms with Gasteiger partial charge in [-0.15, -0.1) is 0 Å². The lowest BCUT2D eigenvalue weighted by molar-refractivity contribution is -0.137. The standard InChI is InChI=1S/C47H56N8O7/c1-26(2)40(53-47(60)61-5)44(56)54-24-27(3)18-38(54)43-49-23-37(51-43)35-13-12-33-20-32(10-11-34(33)21-35)29-6-8-30(9-7-29)36-22-48-42(50-36)39-19-28(4)25-55(39)45(57)41(52-46(58)59)31-14-16-62-17-15-31/h6-13,20-23,26-28,31,38-41,52H,14-19,24-25H2,1-5H3,(H,48,50)(H,49,51)(H,53,60)(H,58,59)/t27-,28-,38-,39-,40-,41-/m0/s1. The quantitative estimate of drug-likeness (QED) is 0.0892. The molecule has 3 saturated heterocycles. The number of hydrogen-bond acceptors (Lipinski definition) is 8. The topological polar surface area (TPSA) is 195 Å². The van der Waals surface area contributed by atoms with E-state index in [1.165, 1.54) is 7.11 Å². The number of alkyl carbamates (subject to hydrolysis) is 1. The van der Waals surface area contributed by atoms with Crippen LogP contribution in [-0.2, 0) is 19.1 Å². The van der Waals surface area contributed by atoms with Crippen LogP contribution in [0.3, 0.4) is 0 Å². The van der Waals surface area contributed by atoms with Crippen LogP contribution in [0, 0.1) is 23.7 Å². The molecule has 0 unspecified atom stereocenters. The van der Waals surface area contributed by atoms with Crippen molar-refractivity contribution >= 4 is 34.8 Å². The van der Waals surface area contributed by atoms with Crippen molar-refractivity contribution in [3.63, 3.8) is 0 Å². The molecule has 0 radical (unpaired) electrons. The number of carbonyl (C=O) groups excluding carboxylic acids is 3. The lowest BCUT2D eigenvalue weighted by Gasteiger charge is -2.34. The molecular weight excluding hydrogens is 789 g/mol. The van der Waals surface area contributed by atoms with Crippen LogP contribution in [0.25, 0.3) is 44.4 Å². The van der Waals surface area contributed by atoms with Gasteiger partial charge in [0.05, 0.1) is 43.0 Å². The Hall–Kier alpha value is -6.22. The first-order valence-corrected chi connectivity index (χ1v) is 21.6. The van der Waals surface area contributed by atoms with Gasteiger partial charge in [-0.3, -0.25) is 9.59 Å². The number of aromatic amines is 2.